The Labute approximate surface area is 205 Å². The van der Waals surface area contributed by atoms with Gasteiger partial charge in [-0.15, -0.1) is 0 Å². The molecule has 0 radical (unpaired) electrons. The number of nitrogens with zero attached hydrogens (tertiary/aromatic N) is 1. The number of para-hydroxylation sites is 1. The Bertz CT molecular complexity index is 1510. The summed E-state index contributed by atoms with van der Waals surface area (Å²) >= 11 is 0. The third-order valence-corrected chi connectivity index (χ3v) is 5.51. The van der Waals surface area contributed by atoms with Crippen molar-refractivity contribution in [2.75, 3.05) is 11.9 Å². The third-order valence-electron chi connectivity index (χ3n) is 5.51. The normalized spacial score (nSPS) is 11.8. The molecule has 1 aromatic heterocycles. The van der Waals surface area contributed by atoms with Gasteiger partial charge in [0.25, 0.3) is 5.91 Å². The van der Waals surface area contributed by atoms with E-state index < -0.39 is 18.5 Å². The molecule has 0 fully saturated rings. The number of esters is 1. The van der Waals surface area contributed by atoms with Gasteiger partial charge < -0.3 is 14.8 Å². The number of aromatic nitrogens is 1. The van der Waals surface area contributed by atoms with Crippen LogP contribution in [0.5, 0.6) is 11.5 Å². The zero-order valence-electron chi connectivity index (χ0n) is 18.8. The summed E-state index contributed by atoms with van der Waals surface area (Å²) in [5, 5.41) is 2.59. The number of pyridine rings is 1. The van der Waals surface area contributed by atoms with Crippen molar-refractivity contribution in [2.45, 2.75) is 0 Å². The lowest BCUT2D eigenvalue weighted by Crippen LogP contribution is -2.23. The third kappa shape index (κ3) is 4.47. The number of nitrogens with one attached hydrogen (secondary N) is 1. The van der Waals surface area contributed by atoms with Gasteiger partial charge in [-0.05, 0) is 42.5 Å². The molecule has 0 saturated carbocycles. The molecule has 8 heteroatoms. The van der Waals surface area contributed by atoms with E-state index in [9.17, 15) is 19.2 Å². The summed E-state index contributed by atoms with van der Waals surface area (Å²) in [6.45, 7) is -0.563. The van der Waals surface area contributed by atoms with Gasteiger partial charge in [-0.25, -0.2) is 4.79 Å². The maximum atomic E-state index is 12.9. The van der Waals surface area contributed by atoms with E-state index in [1.807, 2.05) is 0 Å². The number of ketones is 2. The Hall–Kier alpha value is -5.11. The fourth-order valence-corrected chi connectivity index (χ4v) is 3.84. The molecule has 3 aromatic carbocycles. The molecule has 0 unspecified atom stereocenters. The first kappa shape index (κ1) is 22.7. The van der Waals surface area contributed by atoms with E-state index in [1.165, 1.54) is 30.5 Å². The van der Waals surface area contributed by atoms with Crippen LogP contribution in [0.3, 0.4) is 0 Å². The zero-order chi connectivity index (χ0) is 25.1. The number of fused-ring (bicyclic) bond motifs is 2. The van der Waals surface area contributed by atoms with Crippen LogP contribution in [0.15, 0.2) is 91.3 Å². The van der Waals surface area contributed by atoms with Crippen molar-refractivity contribution in [1.82, 2.24) is 4.98 Å². The molecule has 1 aliphatic rings. The molecular formula is C28H18N2O6. The molecule has 0 saturated heterocycles. The topological polar surface area (TPSA) is 112 Å². The second-order valence-corrected chi connectivity index (χ2v) is 7.88. The largest absolute Gasteiger partial charge is 0.455 e. The Morgan fingerprint density at radius 1 is 0.778 bits per heavy atom. The van der Waals surface area contributed by atoms with Crippen LogP contribution in [0.25, 0.3) is 0 Å². The van der Waals surface area contributed by atoms with Crippen LogP contribution in [-0.2, 0) is 9.53 Å². The van der Waals surface area contributed by atoms with E-state index >= 15 is 0 Å². The highest BCUT2D eigenvalue weighted by atomic mass is 16.5. The van der Waals surface area contributed by atoms with Crippen LogP contribution >= 0.6 is 0 Å². The number of carbonyl (C=O) groups is 4. The van der Waals surface area contributed by atoms with Gasteiger partial charge in [-0.3, -0.25) is 19.4 Å². The van der Waals surface area contributed by atoms with Crippen molar-refractivity contribution in [1.29, 1.82) is 0 Å². The highest BCUT2D eigenvalue weighted by molar-refractivity contribution is 6.28. The van der Waals surface area contributed by atoms with E-state index in [2.05, 4.69) is 10.3 Å². The summed E-state index contributed by atoms with van der Waals surface area (Å²) in [6, 6.07) is 20.9. The highest BCUT2D eigenvalue weighted by Crippen LogP contribution is 2.29. The first-order valence-corrected chi connectivity index (χ1v) is 11.0. The Kier molecular flexibility index (Phi) is 6.07. The van der Waals surface area contributed by atoms with E-state index in [1.54, 1.807) is 60.8 Å². The van der Waals surface area contributed by atoms with Gasteiger partial charge in [-0.2, -0.15) is 0 Å². The SMILES string of the molecule is O=C(COC(=O)c1ccccc1Oc1cccnc1)Nc1ccc2c(c1)C(=O)c1ccccc1C2=O. The average molecular weight is 478 g/mol. The van der Waals surface area contributed by atoms with Crippen molar-refractivity contribution >= 4 is 29.1 Å². The number of rotatable bonds is 6. The fourth-order valence-electron chi connectivity index (χ4n) is 3.84. The first-order valence-electron chi connectivity index (χ1n) is 11.0. The lowest BCUT2D eigenvalue weighted by Gasteiger charge is -2.18. The van der Waals surface area contributed by atoms with Crippen LogP contribution in [0.2, 0.25) is 0 Å². The Morgan fingerprint density at radius 2 is 1.47 bits per heavy atom. The van der Waals surface area contributed by atoms with Crippen LogP contribution in [-0.4, -0.2) is 35.0 Å². The maximum absolute atomic E-state index is 12.9. The number of ether oxygens (including phenoxy) is 2. The lowest BCUT2D eigenvalue weighted by molar-refractivity contribution is -0.119. The van der Waals surface area contributed by atoms with Crippen LogP contribution in [0.1, 0.15) is 42.2 Å². The number of anilines is 1. The Morgan fingerprint density at radius 3 is 2.22 bits per heavy atom. The molecule has 1 heterocycles. The lowest BCUT2D eigenvalue weighted by atomic mass is 9.84. The highest BCUT2D eigenvalue weighted by Gasteiger charge is 2.29. The Balaban J connectivity index is 1.25. The van der Waals surface area contributed by atoms with E-state index in [4.69, 9.17) is 9.47 Å². The number of amides is 1. The molecular weight excluding hydrogens is 460 g/mol. The van der Waals surface area contributed by atoms with Gasteiger partial charge in [0.1, 0.15) is 17.1 Å². The predicted octanol–water partition coefficient (Wildman–Crippen LogP) is 4.44. The van der Waals surface area contributed by atoms with Crippen LogP contribution < -0.4 is 10.1 Å². The van der Waals surface area contributed by atoms with E-state index in [0.29, 0.717) is 22.6 Å². The van der Waals surface area contributed by atoms with E-state index in [-0.39, 0.29) is 34.0 Å². The molecule has 4 aromatic rings. The maximum Gasteiger partial charge on any atom is 0.342 e. The minimum absolute atomic E-state index is 0.144. The summed E-state index contributed by atoms with van der Waals surface area (Å²) in [5.74, 6) is -1.20. The standard InChI is InChI=1S/C28H18N2O6/c31-25(16-35-28(34)22-9-3-4-10-24(22)36-18-6-5-13-29-15-18)30-17-11-12-21-23(14-17)27(33)20-8-2-1-7-19(20)26(21)32/h1-15H,16H2,(H,30,31). The molecule has 5 rings (SSSR count). The summed E-state index contributed by atoms with van der Waals surface area (Å²) < 4.78 is 10.9. The van der Waals surface area contributed by atoms with Crippen LogP contribution in [0.4, 0.5) is 5.69 Å². The van der Waals surface area contributed by atoms with Gasteiger partial charge in [-0.1, -0.05) is 36.4 Å². The molecule has 0 spiro atoms. The molecule has 176 valence electrons. The summed E-state index contributed by atoms with van der Waals surface area (Å²) in [6.07, 6.45) is 3.10. The van der Waals surface area contributed by atoms with Gasteiger partial charge in [0.2, 0.25) is 0 Å². The molecule has 8 nitrogen and oxygen atoms in total. The van der Waals surface area contributed by atoms with Crippen molar-refractivity contribution in [3.63, 3.8) is 0 Å². The van der Waals surface area contributed by atoms with Gasteiger partial charge >= 0.3 is 5.97 Å². The van der Waals surface area contributed by atoms with Gasteiger partial charge in [0, 0.05) is 34.1 Å². The summed E-state index contributed by atoms with van der Waals surface area (Å²) in [4.78, 5) is 54.7. The molecule has 1 aliphatic carbocycles. The predicted molar refractivity (Wildman–Crippen MR) is 129 cm³/mol. The quantitative estimate of drug-likeness (QED) is 0.359. The summed E-state index contributed by atoms with van der Waals surface area (Å²) in [7, 11) is 0. The summed E-state index contributed by atoms with van der Waals surface area (Å²) in [5.41, 5.74) is 1.59. The second-order valence-electron chi connectivity index (χ2n) is 7.88. The number of hydrogen-bond donors (Lipinski definition) is 1. The average Bonchev–Trinajstić information content (AvgIpc) is 2.91. The van der Waals surface area contributed by atoms with Crippen LogP contribution in [0, 0.1) is 0 Å². The smallest absolute Gasteiger partial charge is 0.342 e. The van der Waals surface area contributed by atoms with Gasteiger partial charge in [0.05, 0.1) is 6.20 Å². The zero-order valence-corrected chi connectivity index (χ0v) is 18.8. The molecule has 1 N–H and O–H groups in total. The monoisotopic (exact) mass is 478 g/mol. The van der Waals surface area contributed by atoms with Crippen molar-refractivity contribution in [3.05, 3.63) is 119 Å². The number of benzene rings is 3. The second kappa shape index (κ2) is 9.63. The first-order chi connectivity index (χ1) is 17.5. The van der Waals surface area contributed by atoms with Crippen molar-refractivity contribution in [2.24, 2.45) is 0 Å². The fraction of sp³-hybridized carbons (Fsp3) is 0.0357. The minimum Gasteiger partial charge on any atom is -0.455 e. The minimum atomic E-state index is -0.743. The molecule has 0 atom stereocenters. The van der Waals surface area contributed by atoms with E-state index in [0.717, 1.165) is 0 Å². The molecule has 36 heavy (non-hydrogen) atoms. The van der Waals surface area contributed by atoms with Gasteiger partial charge in [0.15, 0.2) is 18.2 Å². The molecule has 1 amide bonds. The number of carbonyl (C=O) groups excluding carboxylic acids is 4. The molecule has 0 bridgehead atoms. The number of hydrogen-bond acceptors (Lipinski definition) is 7. The van der Waals surface area contributed by atoms with Crippen molar-refractivity contribution in [3.8, 4) is 11.5 Å². The van der Waals surface area contributed by atoms with Crippen molar-refractivity contribution < 1.29 is 28.7 Å². The molecule has 0 aliphatic heterocycles.